The number of carbonyl (C=O) groups excluding carboxylic acids is 1. The third kappa shape index (κ3) is 2.96. The average molecular weight is 328 g/mol. The lowest BCUT2D eigenvalue weighted by Crippen LogP contribution is -2.25. The molecule has 7 heteroatoms. The van der Waals surface area contributed by atoms with Gasteiger partial charge in [0.25, 0.3) is 0 Å². The molecule has 128 valence electrons. The highest BCUT2D eigenvalue weighted by Gasteiger charge is 2.27. The van der Waals surface area contributed by atoms with E-state index in [-0.39, 0.29) is 5.91 Å². The van der Waals surface area contributed by atoms with Gasteiger partial charge in [-0.1, -0.05) is 0 Å². The normalized spacial score (nSPS) is 22.0. The molecule has 0 saturated carbocycles. The van der Waals surface area contributed by atoms with E-state index in [1.165, 1.54) is 5.69 Å². The Hall–Kier alpha value is -2.15. The van der Waals surface area contributed by atoms with Crippen molar-refractivity contribution in [2.45, 2.75) is 31.7 Å². The molecule has 2 aromatic rings. The number of hydrogen-bond donors (Lipinski definition) is 0. The van der Waals surface area contributed by atoms with Crippen LogP contribution in [0.25, 0.3) is 0 Å². The Bertz CT molecular complexity index is 720. The third-order valence-electron chi connectivity index (χ3n) is 5.20. The Morgan fingerprint density at radius 2 is 2.21 bits per heavy atom. The van der Waals surface area contributed by atoms with Gasteiger partial charge >= 0.3 is 0 Å². The Kier molecular flexibility index (Phi) is 4.10. The van der Waals surface area contributed by atoms with Crippen molar-refractivity contribution in [3.63, 3.8) is 0 Å². The van der Waals surface area contributed by atoms with Crippen molar-refractivity contribution < 1.29 is 4.79 Å². The van der Waals surface area contributed by atoms with Crippen LogP contribution >= 0.6 is 0 Å². The molecule has 0 aliphatic carbocycles. The van der Waals surface area contributed by atoms with Crippen LogP contribution < -0.4 is 4.90 Å². The van der Waals surface area contributed by atoms with Gasteiger partial charge in [0, 0.05) is 64.2 Å². The second kappa shape index (κ2) is 6.39. The van der Waals surface area contributed by atoms with Crippen molar-refractivity contribution in [3.05, 3.63) is 30.4 Å². The average Bonchev–Trinajstić information content (AvgIpc) is 3.32. The first-order valence-corrected chi connectivity index (χ1v) is 8.74. The van der Waals surface area contributed by atoms with Crippen LogP contribution in [-0.2, 0) is 18.3 Å². The van der Waals surface area contributed by atoms with Gasteiger partial charge in [-0.3, -0.25) is 14.2 Å². The number of nitrogens with zero attached hydrogens (tertiary/aromatic N) is 6. The number of hydrogen-bond acceptors (Lipinski definition) is 4. The first kappa shape index (κ1) is 15.4. The van der Waals surface area contributed by atoms with E-state index < -0.39 is 0 Å². The maximum absolute atomic E-state index is 11.9. The van der Waals surface area contributed by atoms with Crippen LogP contribution in [0.3, 0.4) is 0 Å². The van der Waals surface area contributed by atoms with Gasteiger partial charge in [0.1, 0.15) is 0 Å². The molecule has 24 heavy (non-hydrogen) atoms. The van der Waals surface area contributed by atoms with E-state index >= 15 is 0 Å². The summed E-state index contributed by atoms with van der Waals surface area (Å²) in [6.07, 6.45) is 9.48. The van der Waals surface area contributed by atoms with Crippen LogP contribution in [0.5, 0.6) is 0 Å². The van der Waals surface area contributed by atoms with Gasteiger partial charge in [0.15, 0.2) is 0 Å². The largest absolute Gasteiger partial charge is 0.309 e. The van der Waals surface area contributed by atoms with E-state index in [1.807, 2.05) is 39.9 Å². The lowest BCUT2D eigenvalue weighted by Gasteiger charge is -2.16. The molecule has 2 aliphatic rings. The summed E-state index contributed by atoms with van der Waals surface area (Å²) in [4.78, 5) is 16.2. The zero-order chi connectivity index (χ0) is 16.5. The van der Waals surface area contributed by atoms with E-state index in [2.05, 4.69) is 21.2 Å². The van der Waals surface area contributed by atoms with Gasteiger partial charge in [-0.2, -0.15) is 10.2 Å². The van der Waals surface area contributed by atoms with E-state index in [0.717, 1.165) is 51.1 Å². The fraction of sp³-hybridized carbons (Fsp3) is 0.588. The minimum absolute atomic E-state index is 0.221. The molecule has 2 fully saturated rings. The second-order valence-electron chi connectivity index (χ2n) is 6.77. The summed E-state index contributed by atoms with van der Waals surface area (Å²) in [5, 5.41) is 8.74. The standard InChI is InChI=1S/C17H24N6O/c1-20-14(4-7-18-20)5-9-21-10-6-15(12-21)23-13-16(11-19-23)22-8-2-3-17(22)24/h4,7,11,13,15H,2-3,5-6,8-10,12H2,1H3. The number of likely N-dealkylation sites (tertiary alicyclic amines) is 1. The molecule has 0 N–H and O–H groups in total. The van der Waals surface area contributed by atoms with Crippen molar-refractivity contribution in [3.8, 4) is 0 Å². The molecule has 1 unspecified atom stereocenters. The molecule has 1 atom stereocenters. The summed E-state index contributed by atoms with van der Waals surface area (Å²) in [7, 11) is 1.99. The van der Waals surface area contributed by atoms with Crippen molar-refractivity contribution >= 4 is 11.6 Å². The molecule has 2 aromatic heterocycles. The summed E-state index contributed by atoms with van der Waals surface area (Å²) in [5.74, 6) is 0.221. The fourth-order valence-corrected chi connectivity index (χ4v) is 3.74. The first-order chi connectivity index (χ1) is 11.7. The zero-order valence-corrected chi connectivity index (χ0v) is 14.1. The van der Waals surface area contributed by atoms with E-state index in [4.69, 9.17) is 0 Å². The molecule has 4 rings (SSSR count). The summed E-state index contributed by atoms with van der Waals surface area (Å²) in [6.45, 7) is 3.99. The molecule has 0 radical (unpaired) electrons. The molecule has 0 aromatic carbocycles. The minimum atomic E-state index is 0.221. The zero-order valence-electron chi connectivity index (χ0n) is 14.1. The highest BCUT2D eigenvalue weighted by molar-refractivity contribution is 5.95. The maximum Gasteiger partial charge on any atom is 0.227 e. The van der Waals surface area contributed by atoms with E-state index in [9.17, 15) is 4.79 Å². The van der Waals surface area contributed by atoms with Crippen molar-refractivity contribution in [1.82, 2.24) is 24.5 Å². The summed E-state index contributed by atoms with van der Waals surface area (Å²) < 4.78 is 3.99. The summed E-state index contributed by atoms with van der Waals surface area (Å²) >= 11 is 0. The maximum atomic E-state index is 11.9. The number of anilines is 1. The number of aromatic nitrogens is 4. The SMILES string of the molecule is Cn1nccc1CCN1CCC(n2cc(N3CCCC3=O)cn2)C1. The number of rotatable bonds is 5. The Morgan fingerprint density at radius 1 is 1.29 bits per heavy atom. The number of aryl methyl sites for hydroxylation is 1. The molecule has 0 bridgehead atoms. The molecule has 0 spiro atoms. The molecule has 2 saturated heterocycles. The second-order valence-corrected chi connectivity index (χ2v) is 6.77. The van der Waals surface area contributed by atoms with Gasteiger partial charge in [-0.25, -0.2) is 0 Å². The van der Waals surface area contributed by atoms with Gasteiger partial charge in [-0.05, 0) is 18.9 Å². The molecule has 4 heterocycles. The Morgan fingerprint density at radius 3 is 2.96 bits per heavy atom. The highest BCUT2D eigenvalue weighted by Crippen LogP contribution is 2.25. The number of amides is 1. The minimum Gasteiger partial charge on any atom is -0.309 e. The molecule has 1 amide bonds. The lowest BCUT2D eigenvalue weighted by atomic mass is 10.3. The van der Waals surface area contributed by atoms with Gasteiger partial charge < -0.3 is 9.80 Å². The monoisotopic (exact) mass is 328 g/mol. The van der Waals surface area contributed by atoms with E-state index in [0.29, 0.717) is 12.5 Å². The fourth-order valence-electron chi connectivity index (χ4n) is 3.74. The highest BCUT2D eigenvalue weighted by atomic mass is 16.2. The summed E-state index contributed by atoms with van der Waals surface area (Å²) in [6, 6.07) is 2.49. The van der Waals surface area contributed by atoms with E-state index in [1.54, 1.807) is 0 Å². The van der Waals surface area contributed by atoms with Crippen LogP contribution in [-0.4, -0.2) is 56.5 Å². The van der Waals surface area contributed by atoms with Crippen LogP contribution in [0.1, 0.15) is 31.0 Å². The molecular formula is C17H24N6O. The molecule has 7 nitrogen and oxygen atoms in total. The van der Waals surface area contributed by atoms with Crippen LogP contribution in [0, 0.1) is 0 Å². The number of carbonyl (C=O) groups is 1. The predicted molar refractivity (Wildman–Crippen MR) is 90.8 cm³/mol. The van der Waals surface area contributed by atoms with Crippen LogP contribution in [0.2, 0.25) is 0 Å². The van der Waals surface area contributed by atoms with Crippen LogP contribution in [0.15, 0.2) is 24.7 Å². The van der Waals surface area contributed by atoms with Gasteiger partial charge in [-0.15, -0.1) is 0 Å². The van der Waals surface area contributed by atoms with Gasteiger partial charge in [0.2, 0.25) is 5.91 Å². The summed E-state index contributed by atoms with van der Waals surface area (Å²) in [5.41, 5.74) is 2.22. The lowest BCUT2D eigenvalue weighted by molar-refractivity contribution is -0.117. The first-order valence-electron chi connectivity index (χ1n) is 8.74. The smallest absolute Gasteiger partial charge is 0.227 e. The van der Waals surface area contributed by atoms with Crippen molar-refractivity contribution in [1.29, 1.82) is 0 Å². The topological polar surface area (TPSA) is 59.2 Å². The van der Waals surface area contributed by atoms with Gasteiger partial charge in [0.05, 0.1) is 17.9 Å². The third-order valence-corrected chi connectivity index (χ3v) is 5.20. The van der Waals surface area contributed by atoms with Crippen molar-refractivity contribution in [2.75, 3.05) is 31.1 Å². The molecular weight excluding hydrogens is 304 g/mol. The Balaban J connectivity index is 1.34. The van der Waals surface area contributed by atoms with Crippen LogP contribution in [0.4, 0.5) is 5.69 Å². The molecule has 2 aliphatic heterocycles. The quantitative estimate of drug-likeness (QED) is 0.828. The predicted octanol–water partition coefficient (Wildman–Crippen LogP) is 1.23. The Labute approximate surface area is 141 Å². The van der Waals surface area contributed by atoms with Crippen molar-refractivity contribution in [2.24, 2.45) is 7.05 Å².